The molecule has 1 heterocycles. The third-order valence-electron chi connectivity index (χ3n) is 4.47. The van der Waals surface area contributed by atoms with Crippen molar-refractivity contribution in [2.45, 2.75) is 64.9 Å². The van der Waals surface area contributed by atoms with E-state index < -0.39 is 12.1 Å². The number of hydrogen-bond acceptors (Lipinski definition) is 5. The van der Waals surface area contributed by atoms with Crippen LogP contribution in [-0.2, 0) is 4.74 Å². The Balaban J connectivity index is 1.85. The fraction of sp³-hybridized carbons (Fsp3) is 0.684. The van der Waals surface area contributed by atoms with Gasteiger partial charge >= 0.3 is 5.97 Å². The first-order chi connectivity index (χ1) is 11.6. The van der Waals surface area contributed by atoms with Crippen LogP contribution in [-0.4, -0.2) is 41.6 Å². The van der Waals surface area contributed by atoms with Crippen LogP contribution in [0, 0.1) is 11.8 Å². The molecular formula is C19H28N2O3. The lowest BCUT2D eigenvalue weighted by atomic mass is 9.89. The fourth-order valence-electron chi connectivity index (χ4n) is 2.92. The van der Waals surface area contributed by atoms with Crippen LogP contribution in [0.4, 0.5) is 0 Å². The van der Waals surface area contributed by atoms with Gasteiger partial charge in [-0.25, -0.2) is 9.78 Å². The second-order valence-electron chi connectivity index (χ2n) is 6.24. The molecule has 0 aliphatic heterocycles. The van der Waals surface area contributed by atoms with E-state index in [-0.39, 0.29) is 5.69 Å². The smallest absolute Gasteiger partial charge is 0.361 e. The Hall–Kier alpha value is -1.80. The lowest BCUT2D eigenvalue weighted by molar-refractivity contribution is 0.0431. The topological polar surface area (TPSA) is 55.6 Å². The number of rotatable bonds is 6. The van der Waals surface area contributed by atoms with Crippen molar-refractivity contribution < 1.29 is 13.9 Å². The Kier molecular flexibility index (Phi) is 7.33. The van der Waals surface area contributed by atoms with Gasteiger partial charge in [-0.3, -0.25) is 4.90 Å². The Bertz CT molecular complexity index is 575. The predicted octanol–water partition coefficient (Wildman–Crippen LogP) is 3.61. The predicted molar refractivity (Wildman–Crippen MR) is 92.8 cm³/mol. The van der Waals surface area contributed by atoms with Crippen LogP contribution in [0.5, 0.6) is 0 Å². The van der Waals surface area contributed by atoms with Crippen LogP contribution in [0.3, 0.4) is 0 Å². The molecule has 0 aromatic carbocycles. The molecule has 1 aromatic heterocycles. The van der Waals surface area contributed by atoms with Crippen molar-refractivity contribution in [3.63, 3.8) is 0 Å². The van der Waals surface area contributed by atoms with E-state index in [1.54, 1.807) is 6.92 Å². The standard InChI is InChI=1S/C19H28N2O3/c1-4-21(5-2)13-9-10-15(3)24-19(22)17-14-23-18(20-17)16-11-7-6-8-12-16/h14-16H,4-8,11-13H2,1-3H3/t15-/m1/s1. The maximum absolute atomic E-state index is 12.1. The Morgan fingerprint density at radius 3 is 2.75 bits per heavy atom. The summed E-state index contributed by atoms with van der Waals surface area (Å²) in [6.07, 6.45) is 6.79. The first-order valence-corrected chi connectivity index (χ1v) is 9.01. The van der Waals surface area contributed by atoms with E-state index in [0.29, 0.717) is 18.4 Å². The van der Waals surface area contributed by atoms with Gasteiger partial charge in [0.1, 0.15) is 6.26 Å². The molecule has 5 nitrogen and oxygen atoms in total. The highest BCUT2D eigenvalue weighted by Crippen LogP contribution is 2.32. The summed E-state index contributed by atoms with van der Waals surface area (Å²) in [4.78, 5) is 18.7. The SMILES string of the molecule is CCN(CC)CC#C[C@@H](C)OC(=O)c1coc(C2CCCCC2)n1. The van der Waals surface area contributed by atoms with E-state index in [0.717, 1.165) is 25.9 Å². The maximum atomic E-state index is 12.1. The summed E-state index contributed by atoms with van der Waals surface area (Å²) in [5.74, 6) is 6.56. The van der Waals surface area contributed by atoms with Gasteiger partial charge in [0.25, 0.3) is 0 Å². The average molecular weight is 332 g/mol. The largest absolute Gasteiger partial charge is 0.448 e. The highest BCUT2D eigenvalue weighted by Gasteiger charge is 2.23. The summed E-state index contributed by atoms with van der Waals surface area (Å²) < 4.78 is 10.8. The molecule has 1 aliphatic carbocycles. The molecule has 0 amide bonds. The molecule has 2 rings (SSSR count). The van der Waals surface area contributed by atoms with Crippen LogP contribution in [0.25, 0.3) is 0 Å². The third-order valence-corrected chi connectivity index (χ3v) is 4.47. The minimum absolute atomic E-state index is 0.243. The summed E-state index contributed by atoms with van der Waals surface area (Å²) >= 11 is 0. The fourth-order valence-corrected chi connectivity index (χ4v) is 2.92. The Morgan fingerprint density at radius 2 is 2.08 bits per heavy atom. The summed E-state index contributed by atoms with van der Waals surface area (Å²) in [6, 6.07) is 0. The zero-order valence-corrected chi connectivity index (χ0v) is 15.0. The van der Waals surface area contributed by atoms with Gasteiger partial charge < -0.3 is 9.15 Å². The second kappa shape index (κ2) is 9.48. The normalized spacial score (nSPS) is 16.5. The highest BCUT2D eigenvalue weighted by molar-refractivity contribution is 5.87. The zero-order chi connectivity index (χ0) is 17.4. The Morgan fingerprint density at radius 1 is 1.38 bits per heavy atom. The van der Waals surface area contributed by atoms with Crippen molar-refractivity contribution >= 4 is 5.97 Å². The van der Waals surface area contributed by atoms with Gasteiger partial charge in [-0.05, 0) is 32.9 Å². The van der Waals surface area contributed by atoms with Crippen LogP contribution >= 0.6 is 0 Å². The summed E-state index contributed by atoms with van der Waals surface area (Å²) in [7, 11) is 0. The minimum atomic E-state index is -0.467. The van der Waals surface area contributed by atoms with E-state index in [2.05, 4.69) is 35.6 Å². The average Bonchev–Trinajstić information content (AvgIpc) is 3.10. The van der Waals surface area contributed by atoms with Crippen LogP contribution in [0.2, 0.25) is 0 Å². The lowest BCUT2D eigenvalue weighted by Crippen LogP contribution is -2.23. The van der Waals surface area contributed by atoms with E-state index >= 15 is 0 Å². The molecule has 0 spiro atoms. The molecule has 1 saturated carbocycles. The monoisotopic (exact) mass is 332 g/mol. The van der Waals surface area contributed by atoms with Crippen molar-refractivity contribution in [1.82, 2.24) is 9.88 Å². The molecule has 0 N–H and O–H groups in total. The van der Waals surface area contributed by atoms with E-state index in [4.69, 9.17) is 9.15 Å². The minimum Gasteiger partial charge on any atom is -0.448 e. The number of nitrogens with zero attached hydrogens (tertiary/aromatic N) is 2. The third kappa shape index (κ3) is 5.38. The number of hydrogen-bond donors (Lipinski definition) is 0. The molecule has 1 fully saturated rings. The molecule has 1 aliphatic rings. The van der Waals surface area contributed by atoms with Crippen molar-refractivity contribution in [3.8, 4) is 11.8 Å². The van der Waals surface area contributed by atoms with Crippen LogP contribution in [0.1, 0.15) is 75.2 Å². The number of oxazole rings is 1. The van der Waals surface area contributed by atoms with E-state index in [9.17, 15) is 4.79 Å². The molecule has 0 unspecified atom stereocenters. The first-order valence-electron chi connectivity index (χ1n) is 9.01. The summed E-state index contributed by atoms with van der Waals surface area (Å²) in [5.41, 5.74) is 0.243. The Labute approximate surface area is 144 Å². The van der Waals surface area contributed by atoms with Crippen molar-refractivity contribution in [2.75, 3.05) is 19.6 Å². The van der Waals surface area contributed by atoms with Crippen molar-refractivity contribution in [1.29, 1.82) is 0 Å². The molecule has 5 heteroatoms. The molecular weight excluding hydrogens is 304 g/mol. The van der Waals surface area contributed by atoms with Gasteiger partial charge in [0.2, 0.25) is 0 Å². The number of aromatic nitrogens is 1. The van der Waals surface area contributed by atoms with Gasteiger partial charge in [-0.2, -0.15) is 0 Å². The van der Waals surface area contributed by atoms with Gasteiger partial charge in [-0.1, -0.05) is 45.0 Å². The lowest BCUT2D eigenvalue weighted by Gasteiger charge is -2.17. The molecule has 0 saturated heterocycles. The number of carbonyl (C=O) groups excluding carboxylic acids is 1. The van der Waals surface area contributed by atoms with Gasteiger partial charge in [0, 0.05) is 5.92 Å². The summed E-state index contributed by atoms with van der Waals surface area (Å²) in [6.45, 7) is 8.58. The second-order valence-corrected chi connectivity index (χ2v) is 6.24. The molecule has 24 heavy (non-hydrogen) atoms. The maximum Gasteiger partial charge on any atom is 0.361 e. The van der Waals surface area contributed by atoms with Gasteiger partial charge in [0.15, 0.2) is 17.7 Å². The molecule has 0 bridgehead atoms. The first kappa shape index (κ1) is 18.5. The van der Waals surface area contributed by atoms with Crippen molar-refractivity contribution in [3.05, 3.63) is 17.8 Å². The molecule has 1 atom stereocenters. The van der Waals surface area contributed by atoms with Crippen LogP contribution in [0.15, 0.2) is 10.7 Å². The molecule has 132 valence electrons. The van der Waals surface area contributed by atoms with E-state index in [1.807, 2.05) is 0 Å². The molecule has 1 aromatic rings. The zero-order valence-electron chi connectivity index (χ0n) is 15.0. The summed E-state index contributed by atoms with van der Waals surface area (Å²) in [5, 5.41) is 0. The van der Waals surface area contributed by atoms with Gasteiger partial charge in [-0.15, -0.1) is 0 Å². The molecule has 0 radical (unpaired) electrons. The van der Waals surface area contributed by atoms with Gasteiger partial charge in [0.05, 0.1) is 6.54 Å². The van der Waals surface area contributed by atoms with E-state index in [1.165, 1.54) is 25.5 Å². The quantitative estimate of drug-likeness (QED) is 0.588. The number of esters is 1. The number of ether oxygens (including phenoxy) is 1. The highest BCUT2D eigenvalue weighted by atomic mass is 16.5. The number of carbonyl (C=O) groups is 1. The van der Waals surface area contributed by atoms with Crippen LogP contribution < -0.4 is 0 Å². The van der Waals surface area contributed by atoms with Crippen molar-refractivity contribution in [2.24, 2.45) is 0 Å².